The Morgan fingerprint density at radius 2 is 1.94 bits per heavy atom. The molecule has 0 radical (unpaired) electrons. The number of thiazole rings is 1. The van der Waals surface area contributed by atoms with Crippen LogP contribution in [0.25, 0.3) is 10.4 Å². The van der Waals surface area contributed by atoms with Gasteiger partial charge in [-0.2, -0.15) is 0 Å². The summed E-state index contributed by atoms with van der Waals surface area (Å²) in [6.45, 7) is 8.74. The molecule has 1 heterocycles. The molecule has 0 unspecified atom stereocenters. The van der Waals surface area contributed by atoms with Gasteiger partial charge in [-0.1, -0.05) is 32.0 Å². The second-order valence-electron chi connectivity index (χ2n) is 4.42. The Kier molecular flexibility index (Phi) is 3.10. The summed E-state index contributed by atoms with van der Waals surface area (Å²) in [7, 11) is 0. The molecule has 2 heteroatoms. The highest BCUT2D eigenvalue weighted by molar-refractivity contribution is 7.15. The van der Waals surface area contributed by atoms with Crippen molar-refractivity contribution in [3.05, 3.63) is 40.5 Å². The first-order valence-corrected chi connectivity index (χ1v) is 6.43. The number of aromatic nitrogens is 1. The van der Waals surface area contributed by atoms with E-state index in [0.29, 0.717) is 5.92 Å². The third-order valence-corrected chi connectivity index (χ3v) is 3.83. The lowest BCUT2D eigenvalue weighted by atomic mass is 9.94. The van der Waals surface area contributed by atoms with Crippen molar-refractivity contribution < 1.29 is 0 Å². The van der Waals surface area contributed by atoms with Gasteiger partial charge in [0.15, 0.2) is 0 Å². The zero-order valence-corrected chi connectivity index (χ0v) is 11.1. The maximum Gasteiger partial charge on any atom is 0.0900 e. The zero-order chi connectivity index (χ0) is 11.7. The van der Waals surface area contributed by atoms with Crippen molar-refractivity contribution in [3.63, 3.8) is 0 Å². The van der Waals surface area contributed by atoms with Gasteiger partial charge in [0.25, 0.3) is 0 Å². The standard InChI is InChI=1S/C14H17NS/c1-9(2)12-6-5-7-13(10(12)3)14-8-15-11(4)16-14/h5-9H,1-4H3. The van der Waals surface area contributed by atoms with Crippen LogP contribution >= 0.6 is 11.3 Å². The van der Waals surface area contributed by atoms with Crippen molar-refractivity contribution in [2.75, 3.05) is 0 Å². The Bertz CT molecular complexity index is 497. The molecular weight excluding hydrogens is 214 g/mol. The van der Waals surface area contributed by atoms with E-state index in [4.69, 9.17) is 0 Å². The van der Waals surface area contributed by atoms with Crippen LogP contribution in [0.5, 0.6) is 0 Å². The lowest BCUT2D eigenvalue weighted by Gasteiger charge is -2.12. The molecule has 2 rings (SSSR count). The summed E-state index contributed by atoms with van der Waals surface area (Å²) in [5.41, 5.74) is 4.15. The maximum absolute atomic E-state index is 4.33. The largest absolute Gasteiger partial charge is 0.249 e. The third kappa shape index (κ3) is 2.03. The molecular formula is C14H17NS. The minimum Gasteiger partial charge on any atom is -0.249 e. The van der Waals surface area contributed by atoms with Crippen LogP contribution in [0, 0.1) is 13.8 Å². The van der Waals surface area contributed by atoms with E-state index in [1.165, 1.54) is 21.6 Å². The molecule has 0 bridgehead atoms. The van der Waals surface area contributed by atoms with Crippen LogP contribution in [0.3, 0.4) is 0 Å². The molecule has 0 aliphatic rings. The molecule has 0 saturated heterocycles. The first kappa shape index (κ1) is 11.3. The molecule has 0 amide bonds. The van der Waals surface area contributed by atoms with E-state index in [0.717, 1.165) is 5.01 Å². The van der Waals surface area contributed by atoms with Gasteiger partial charge in [0.1, 0.15) is 0 Å². The predicted molar refractivity (Wildman–Crippen MR) is 71.1 cm³/mol. The molecule has 0 fully saturated rings. The van der Waals surface area contributed by atoms with E-state index in [-0.39, 0.29) is 0 Å². The van der Waals surface area contributed by atoms with Crippen molar-refractivity contribution in [2.45, 2.75) is 33.6 Å². The van der Waals surface area contributed by atoms with Gasteiger partial charge in [0, 0.05) is 6.20 Å². The van der Waals surface area contributed by atoms with E-state index < -0.39 is 0 Å². The summed E-state index contributed by atoms with van der Waals surface area (Å²) in [5.74, 6) is 0.578. The molecule has 0 aliphatic heterocycles. The molecule has 84 valence electrons. The second-order valence-corrected chi connectivity index (χ2v) is 5.65. The lowest BCUT2D eigenvalue weighted by molar-refractivity contribution is 0.857. The topological polar surface area (TPSA) is 12.9 Å². The Hall–Kier alpha value is -1.15. The first-order chi connectivity index (χ1) is 7.59. The van der Waals surface area contributed by atoms with Crippen LogP contribution in [0.1, 0.15) is 35.9 Å². The van der Waals surface area contributed by atoms with Crippen LogP contribution in [-0.2, 0) is 0 Å². The quantitative estimate of drug-likeness (QED) is 0.739. The summed E-state index contributed by atoms with van der Waals surface area (Å²) >= 11 is 1.76. The first-order valence-electron chi connectivity index (χ1n) is 5.62. The fraction of sp³-hybridized carbons (Fsp3) is 0.357. The van der Waals surface area contributed by atoms with Gasteiger partial charge in [0.2, 0.25) is 0 Å². The van der Waals surface area contributed by atoms with Crippen molar-refractivity contribution in [3.8, 4) is 10.4 Å². The van der Waals surface area contributed by atoms with Crippen molar-refractivity contribution in [1.29, 1.82) is 0 Å². The molecule has 1 nitrogen and oxygen atoms in total. The van der Waals surface area contributed by atoms with E-state index >= 15 is 0 Å². The fourth-order valence-electron chi connectivity index (χ4n) is 2.03. The predicted octanol–water partition coefficient (Wildman–Crippen LogP) is 4.55. The molecule has 2 aromatic rings. The third-order valence-electron chi connectivity index (χ3n) is 2.88. The normalized spacial score (nSPS) is 11.1. The minimum absolute atomic E-state index is 0.578. The van der Waals surface area contributed by atoms with Crippen LogP contribution < -0.4 is 0 Å². The summed E-state index contributed by atoms with van der Waals surface area (Å²) in [6.07, 6.45) is 1.98. The Labute approximate surface area is 101 Å². The van der Waals surface area contributed by atoms with Crippen LogP contribution in [-0.4, -0.2) is 4.98 Å². The average molecular weight is 231 g/mol. The highest BCUT2D eigenvalue weighted by Gasteiger charge is 2.10. The number of benzene rings is 1. The van der Waals surface area contributed by atoms with E-state index in [2.05, 4.69) is 50.9 Å². The van der Waals surface area contributed by atoms with Gasteiger partial charge < -0.3 is 0 Å². The highest BCUT2D eigenvalue weighted by Crippen LogP contribution is 2.32. The Balaban J connectivity index is 2.54. The molecule has 0 saturated carbocycles. The number of nitrogens with zero attached hydrogens (tertiary/aromatic N) is 1. The van der Waals surface area contributed by atoms with E-state index in [1.807, 2.05) is 6.20 Å². The summed E-state index contributed by atoms with van der Waals surface area (Å²) in [6, 6.07) is 6.55. The van der Waals surface area contributed by atoms with E-state index in [1.54, 1.807) is 11.3 Å². The minimum atomic E-state index is 0.578. The summed E-state index contributed by atoms with van der Waals surface area (Å²) < 4.78 is 0. The number of hydrogen-bond donors (Lipinski definition) is 0. The van der Waals surface area contributed by atoms with Crippen LogP contribution in [0.4, 0.5) is 0 Å². The van der Waals surface area contributed by atoms with Gasteiger partial charge in [-0.15, -0.1) is 11.3 Å². The van der Waals surface area contributed by atoms with Gasteiger partial charge in [0.05, 0.1) is 9.88 Å². The lowest BCUT2D eigenvalue weighted by Crippen LogP contribution is -1.93. The molecule has 0 spiro atoms. The second kappa shape index (κ2) is 4.38. The Morgan fingerprint density at radius 1 is 1.19 bits per heavy atom. The van der Waals surface area contributed by atoms with Gasteiger partial charge in [-0.05, 0) is 36.5 Å². The van der Waals surface area contributed by atoms with Crippen LogP contribution in [0.2, 0.25) is 0 Å². The zero-order valence-electron chi connectivity index (χ0n) is 10.2. The van der Waals surface area contributed by atoms with Crippen LogP contribution in [0.15, 0.2) is 24.4 Å². The Morgan fingerprint density at radius 3 is 2.50 bits per heavy atom. The smallest absolute Gasteiger partial charge is 0.0900 e. The fourth-order valence-corrected chi connectivity index (χ4v) is 2.89. The van der Waals surface area contributed by atoms with Crippen molar-refractivity contribution in [2.24, 2.45) is 0 Å². The summed E-state index contributed by atoms with van der Waals surface area (Å²) in [4.78, 5) is 5.60. The van der Waals surface area contributed by atoms with Crippen molar-refractivity contribution in [1.82, 2.24) is 4.98 Å². The number of aryl methyl sites for hydroxylation is 1. The van der Waals surface area contributed by atoms with Gasteiger partial charge >= 0.3 is 0 Å². The molecule has 16 heavy (non-hydrogen) atoms. The monoisotopic (exact) mass is 231 g/mol. The molecule has 0 aliphatic carbocycles. The van der Waals surface area contributed by atoms with Gasteiger partial charge in [-0.25, -0.2) is 4.98 Å². The SMILES string of the molecule is Cc1ncc(-c2cccc(C(C)C)c2C)s1. The molecule has 1 aromatic carbocycles. The number of rotatable bonds is 2. The average Bonchev–Trinajstić information content (AvgIpc) is 2.64. The highest BCUT2D eigenvalue weighted by atomic mass is 32.1. The van der Waals surface area contributed by atoms with Crippen molar-refractivity contribution >= 4 is 11.3 Å². The summed E-state index contributed by atoms with van der Waals surface area (Å²) in [5, 5.41) is 1.13. The molecule has 0 atom stereocenters. The van der Waals surface area contributed by atoms with E-state index in [9.17, 15) is 0 Å². The number of hydrogen-bond acceptors (Lipinski definition) is 2. The maximum atomic E-state index is 4.33. The molecule has 0 N–H and O–H groups in total. The molecule has 1 aromatic heterocycles. The van der Waals surface area contributed by atoms with Gasteiger partial charge in [-0.3, -0.25) is 0 Å².